The van der Waals surface area contributed by atoms with Crippen LogP contribution >= 0.6 is 24.0 Å². The standard InChI is InChI=1S/C17H22N4O2.HI/c1-18-17(21-9-7-15(22)8-10-21)19-11-14-12-23-16(20-14)13-5-3-2-4-6-13;/h2-6,12,15,22H,7-11H2,1H3,(H,18,19);1H. The Labute approximate surface area is 159 Å². The van der Waals surface area contributed by atoms with Crippen LogP contribution in [-0.2, 0) is 6.54 Å². The van der Waals surface area contributed by atoms with Crippen LogP contribution < -0.4 is 5.32 Å². The van der Waals surface area contributed by atoms with Crippen molar-refractivity contribution in [3.63, 3.8) is 0 Å². The molecule has 0 bridgehead atoms. The summed E-state index contributed by atoms with van der Waals surface area (Å²) in [6, 6.07) is 9.84. The van der Waals surface area contributed by atoms with Gasteiger partial charge >= 0.3 is 0 Å². The van der Waals surface area contributed by atoms with Gasteiger partial charge in [-0.1, -0.05) is 18.2 Å². The van der Waals surface area contributed by atoms with Gasteiger partial charge in [0.25, 0.3) is 0 Å². The fraction of sp³-hybridized carbons (Fsp3) is 0.412. The van der Waals surface area contributed by atoms with Crippen molar-refractivity contribution in [1.82, 2.24) is 15.2 Å². The second-order valence-electron chi connectivity index (χ2n) is 5.63. The number of halogens is 1. The number of aliphatic imine (C=N–C) groups is 1. The molecule has 0 radical (unpaired) electrons. The van der Waals surface area contributed by atoms with Crippen LogP contribution in [0.25, 0.3) is 11.5 Å². The number of guanidine groups is 1. The number of aliphatic hydroxyl groups is 1. The minimum atomic E-state index is -0.187. The van der Waals surface area contributed by atoms with Gasteiger partial charge < -0.3 is 19.7 Å². The normalized spacial score (nSPS) is 15.9. The van der Waals surface area contributed by atoms with E-state index in [2.05, 4.69) is 20.2 Å². The van der Waals surface area contributed by atoms with Gasteiger partial charge in [-0.25, -0.2) is 4.98 Å². The molecule has 6 nitrogen and oxygen atoms in total. The van der Waals surface area contributed by atoms with Gasteiger partial charge in [0, 0.05) is 25.7 Å². The van der Waals surface area contributed by atoms with Gasteiger partial charge in [0.05, 0.1) is 18.3 Å². The summed E-state index contributed by atoms with van der Waals surface area (Å²) in [4.78, 5) is 11.0. The molecular weight excluding hydrogens is 419 g/mol. The van der Waals surface area contributed by atoms with E-state index >= 15 is 0 Å². The van der Waals surface area contributed by atoms with Crippen molar-refractivity contribution in [3.05, 3.63) is 42.3 Å². The summed E-state index contributed by atoms with van der Waals surface area (Å²) < 4.78 is 5.54. The second-order valence-corrected chi connectivity index (χ2v) is 5.63. The highest BCUT2D eigenvalue weighted by Crippen LogP contribution is 2.18. The minimum Gasteiger partial charge on any atom is -0.444 e. The lowest BCUT2D eigenvalue weighted by atomic mass is 10.1. The number of piperidine rings is 1. The van der Waals surface area contributed by atoms with E-state index in [1.54, 1.807) is 13.3 Å². The molecule has 0 spiro atoms. The number of oxazole rings is 1. The van der Waals surface area contributed by atoms with E-state index in [1.807, 2.05) is 30.3 Å². The average molecular weight is 442 g/mol. The maximum atomic E-state index is 9.59. The van der Waals surface area contributed by atoms with E-state index in [0.29, 0.717) is 12.4 Å². The number of likely N-dealkylation sites (tertiary alicyclic amines) is 1. The van der Waals surface area contributed by atoms with Crippen LogP contribution in [-0.4, -0.2) is 47.2 Å². The van der Waals surface area contributed by atoms with E-state index in [-0.39, 0.29) is 30.1 Å². The monoisotopic (exact) mass is 442 g/mol. The van der Waals surface area contributed by atoms with Crippen LogP contribution in [0.4, 0.5) is 0 Å². The zero-order chi connectivity index (χ0) is 16.1. The van der Waals surface area contributed by atoms with Crippen molar-refractivity contribution in [1.29, 1.82) is 0 Å². The molecule has 2 N–H and O–H groups in total. The molecule has 130 valence electrons. The Balaban J connectivity index is 0.00000208. The molecule has 1 aliphatic rings. The van der Waals surface area contributed by atoms with Gasteiger partial charge in [-0.3, -0.25) is 4.99 Å². The molecule has 1 aromatic heterocycles. The van der Waals surface area contributed by atoms with Crippen molar-refractivity contribution in [2.75, 3.05) is 20.1 Å². The fourth-order valence-electron chi connectivity index (χ4n) is 2.68. The highest BCUT2D eigenvalue weighted by molar-refractivity contribution is 14.0. The van der Waals surface area contributed by atoms with Crippen molar-refractivity contribution in [2.24, 2.45) is 4.99 Å². The van der Waals surface area contributed by atoms with E-state index in [0.717, 1.165) is 43.1 Å². The highest BCUT2D eigenvalue weighted by Gasteiger charge is 2.19. The van der Waals surface area contributed by atoms with Gasteiger partial charge in [0.2, 0.25) is 5.89 Å². The van der Waals surface area contributed by atoms with E-state index in [1.165, 1.54) is 0 Å². The molecule has 0 amide bonds. The first-order valence-electron chi connectivity index (χ1n) is 7.90. The van der Waals surface area contributed by atoms with Crippen LogP contribution in [0.5, 0.6) is 0 Å². The lowest BCUT2D eigenvalue weighted by molar-refractivity contribution is 0.108. The van der Waals surface area contributed by atoms with Crippen LogP contribution in [0.1, 0.15) is 18.5 Å². The quantitative estimate of drug-likeness (QED) is 0.434. The molecule has 24 heavy (non-hydrogen) atoms. The average Bonchev–Trinajstić information content (AvgIpc) is 3.07. The Kier molecular flexibility index (Phi) is 7.04. The molecule has 3 rings (SSSR count). The highest BCUT2D eigenvalue weighted by atomic mass is 127. The topological polar surface area (TPSA) is 73.9 Å². The molecule has 1 fully saturated rings. The molecular formula is C17H23IN4O2. The Hall–Kier alpha value is -1.61. The summed E-state index contributed by atoms with van der Waals surface area (Å²) in [6.07, 6.45) is 3.04. The first-order chi connectivity index (χ1) is 11.3. The van der Waals surface area contributed by atoms with Gasteiger partial charge in [0.15, 0.2) is 5.96 Å². The fourth-order valence-corrected chi connectivity index (χ4v) is 2.68. The molecule has 1 aromatic carbocycles. The van der Waals surface area contributed by atoms with Crippen LogP contribution in [0.15, 0.2) is 46.0 Å². The molecule has 1 aliphatic heterocycles. The van der Waals surface area contributed by atoms with Gasteiger partial charge in [-0.15, -0.1) is 24.0 Å². The number of aromatic nitrogens is 1. The number of hydrogen-bond acceptors (Lipinski definition) is 4. The maximum absolute atomic E-state index is 9.59. The van der Waals surface area contributed by atoms with E-state index < -0.39 is 0 Å². The predicted octanol–water partition coefficient (Wildman–Crippen LogP) is 2.49. The number of benzene rings is 1. The van der Waals surface area contributed by atoms with Gasteiger partial charge in [-0.2, -0.15) is 0 Å². The zero-order valence-electron chi connectivity index (χ0n) is 13.7. The minimum absolute atomic E-state index is 0. The SMILES string of the molecule is CN=C(NCc1coc(-c2ccccc2)n1)N1CCC(O)CC1.I. The van der Waals surface area contributed by atoms with Crippen LogP contribution in [0.3, 0.4) is 0 Å². The third-order valence-electron chi connectivity index (χ3n) is 3.98. The Morgan fingerprint density at radius 1 is 1.33 bits per heavy atom. The summed E-state index contributed by atoms with van der Waals surface area (Å²) in [5.41, 5.74) is 1.80. The molecule has 0 aliphatic carbocycles. The van der Waals surface area contributed by atoms with Gasteiger partial charge in [0.1, 0.15) is 6.26 Å². The molecule has 7 heteroatoms. The van der Waals surface area contributed by atoms with Crippen LogP contribution in [0.2, 0.25) is 0 Å². The molecule has 0 atom stereocenters. The molecule has 2 aromatic rings. The van der Waals surface area contributed by atoms with Crippen molar-refractivity contribution in [2.45, 2.75) is 25.5 Å². The summed E-state index contributed by atoms with van der Waals surface area (Å²) in [7, 11) is 1.77. The Morgan fingerprint density at radius 3 is 2.71 bits per heavy atom. The smallest absolute Gasteiger partial charge is 0.226 e. The maximum Gasteiger partial charge on any atom is 0.226 e. The van der Waals surface area contributed by atoms with Crippen molar-refractivity contribution < 1.29 is 9.52 Å². The first-order valence-corrected chi connectivity index (χ1v) is 7.90. The summed E-state index contributed by atoms with van der Waals surface area (Å²) in [5.74, 6) is 1.46. The lowest BCUT2D eigenvalue weighted by Gasteiger charge is -2.32. The van der Waals surface area contributed by atoms with E-state index in [9.17, 15) is 5.11 Å². The molecule has 2 heterocycles. The predicted molar refractivity (Wildman–Crippen MR) is 104 cm³/mol. The van der Waals surface area contributed by atoms with Gasteiger partial charge in [-0.05, 0) is 25.0 Å². The van der Waals surface area contributed by atoms with E-state index in [4.69, 9.17) is 4.42 Å². The lowest BCUT2D eigenvalue weighted by Crippen LogP contribution is -2.46. The largest absolute Gasteiger partial charge is 0.444 e. The number of aliphatic hydroxyl groups excluding tert-OH is 1. The summed E-state index contributed by atoms with van der Waals surface area (Å²) in [5, 5.41) is 12.9. The number of rotatable bonds is 3. The molecule has 0 unspecified atom stereocenters. The number of nitrogens with one attached hydrogen (secondary N) is 1. The first kappa shape index (κ1) is 18.7. The molecule has 1 saturated heterocycles. The summed E-state index contributed by atoms with van der Waals surface area (Å²) >= 11 is 0. The zero-order valence-corrected chi connectivity index (χ0v) is 16.0. The third-order valence-corrected chi connectivity index (χ3v) is 3.98. The van der Waals surface area contributed by atoms with Crippen LogP contribution in [0, 0.1) is 0 Å². The van der Waals surface area contributed by atoms with Crippen molar-refractivity contribution >= 4 is 29.9 Å². The summed E-state index contributed by atoms with van der Waals surface area (Å²) in [6.45, 7) is 2.19. The Bertz CT molecular complexity index is 652. The number of hydrogen-bond donors (Lipinski definition) is 2. The van der Waals surface area contributed by atoms with Crippen molar-refractivity contribution in [3.8, 4) is 11.5 Å². The molecule has 0 saturated carbocycles. The number of nitrogens with zero attached hydrogens (tertiary/aromatic N) is 3. The second kappa shape index (κ2) is 9.03. The Morgan fingerprint density at radius 2 is 2.04 bits per heavy atom. The third kappa shape index (κ3) is 4.70.